The van der Waals surface area contributed by atoms with Gasteiger partial charge >= 0.3 is 0 Å². The van der Waals surface area contributed by atoms with Gasteiger partial charge in [0.05, 0.1) is 17.7 Å². The summed E-state index contributed by atoms with van der Waals surface area (Å²) in [5.41, 5.74) is -5.26. The van der Waals surface area contributed by atoms with Crippen LogP contribution in [0.2, 0.25) is 0 Å². The van der Waals surface area contributed by atoms with Crippen LogP contribution in [0.1, 0.15) is 55.2 Å². The highest BCUT2D eigenvalue weighted by Crippen LogP contribution is 2.39. The number of methoxy groups -OCH3 is 1. The SMILES string of the molecule is [2H]c1cc(OC)ccc1C1=NC2(N(C([2H])([2H])C(=O)Cl)C1=O)C([2H])([2H])C([2H])([2H])C([2H])([2H])C([2H])([2H])C2([2H])[2H]. The number of rotatable bonds is 4. The van der Waals surface area contributed by atoms with Crippen LogP contribution in [0.5, 0.6) is 5.75 Å². The van der Waals surface area contributed by atoms with Crippen LogP contribution in [0.4, 0.5) is 0 Å². The smallest absolute Gasteiger partial charge is 0.275 e. The molecular formula is C17H19ClN2O3. The van der Waals surface area contributed by atoms with E-state index in [0.717, 1.165) is 12.1 Å². The first-order valence-corrected chi connectivity index (χ1v) is 6.69. The van der Waals surface area contributed by atoms with Gasteiger partial charge in [-0.15, -0.1) is 0 Å². The lowest BCUT2D eigenvalue weighted by atomic mass is 9.88. The second kappa shape index (κ2) is 6.32. The van der Waals surface area contributed by atoms with E-state index in [1.807, 2.05) is 0 Å². The number of hydrogen-bond donors (Lipinski definition) is 0. The Morgan fingerprint density at radius 1 is 1.48 bits per heavy atom. The highest BCUT2D eigenvalue weighted by molar-refractivity contribution is 6.64. The predicted octanol–water partition coefficient (Wildman–Crippen LogP) is 2.75. The standard InChI is InChI=1S/C17H19ClN2O3/c1-23-13-7-5-12(6-8-13)15-16(22)20(11-14(18)21)17(19-15)9-3-2-4-10-17/h5-8H,2-4,9-11H2,1H3/i2D2,3D2,4D2,5D,9D2,10D2,11D2. The molecule has 0 unspecified atom stereocenters. The summed E-state index contributed by atoms with van der Waals surface area (Å²) in [5, 5.41) is -1.96. The Hall–Kier alpha value is -1.88. The summed E-state index contributed by atoms with van der Waals surface area (Å²) in [6.45, 7) is -3.78. The molecular weight excluding hydrogens is 316 g/mol. The number of nitrogens with zero attached hydrogens (tertiary/aromatic N) is 2. The molecule has 1 amide bonds. The average molecular weight is 348 g/mol. The summed E-state index contributed by atoms with van der Waals surface area (Å²) < 4.78 is 112. The van der Waals surface area contributed by atoms with Gasteiger partial charge in [-0.1, -0.05) is 6.37 Å². The molecule has 1 aliphatic carbocycles. The third-order valence-electron chi connectivity index (χ3n) is 3.08. The number of carbonyl (C=O) groups excluding carboxylic acids is 2. The molecule has 1 fully saturated rings. The van der Waals surface area contributed by atoms with Crippen LogP contribution in [0.3, 0.4) is 0 Å². The maximum absolute atomic E-state index is 13.6. The zero-order valence-electron chi connectivity index (χ0n) is 24.7. The van der Waals surface area contributed by atoms with Gasteiger partial charge in [0.25, 0.3) is 5.91 Å². The molecule has 1 aliphatic heterocycles. The summed E-state index contributed by atoms with van der Waals surface area (Å²) in [6, 6.07) is 2.91. The second-order valence-corrected chi connectivity index (χ2v) is 4.77. The van der Waals surface area contributed by atoms with Gasteiger partial charge in [-0.05, 0) is 61.3 Å². The normalized spacial score (nSPS) is 39.7. The molecule has 2 aliphatic rings. The maximum atomic E-state index is 13.6. The predicted molar refractivity (Wildman–Crippen MR) is 87.9 cm³/mol. The van der Waals surface area contributed by atoms with Crippen LogP contribution < -0.4 is 4.74 Å². The molecule has 0 atom stereocenters. The van der Waals surface area contributed by atoms with Crippen LogP contribution >= 0.6 is 11.6 Å². The molecule has 0 saturated heterocycles. The highest BCUT2D eigenvalue weighted by atomic mass is 35.5. The number of halogens is 1. The number of ether oxygens (including phenoxy) is 1. The van der Waals surface area contributed by atoms with Gasteiger partial charge in [0.1, 0.15) is 17.1 Å². The monoisotopic (exact) mass is 347 g/mol. The fourth-order valence-electron chi connectivity index (χ4n) is 2.06. The number of benzene rings is 1. The molecule has 1 spiro atoms. The van der Waals surface area contributed by atoms with Gasteiger partial charge in [-0.2, -0.15) is 0 Å². The number of aliphatic imine (C=N–C) groups is 1. The van der Waals surface area contributed by atoms with E-state index < -0.39 is 77.4 Å². The number of carbonyl (C=O) groups is 2. The fourth-order valence-corrected chi connectivity index (χ4v) is 2.14. The van der Waals surface area contributed by atoms with E-state index in [1.54, 1.807) is 0 Å². The Morgan fingerprint density at radius 2 is 2.22 bits per heavy atom. The summed E-state index contributed by atoms with van der Waals surface area (Å²) in [5.74, 6) is -1.56. The minimum atomic E-state index is -4.01. The van der Waals surface area contributed by atoms with E-state index in [-0.39, 0.29) is 5.75 Å². The minimum absolute atomic E-state index is 0.136. The Kier molecular flexibility index (Phi) is 1.80. The molecule has 122 valence electrons. The Bertz CT molecular complexity index is 1150. The first-order valence-electron chi connectivity index (χ1n) is 12.8. The molecule has 0 aromatic heterocycles. The molecule has 3 rings (SSSR count). The van der Waals surface area contributed by atoms with E-state index in [1.165, 1.54) is 13.2 Å². The van der Waals surface area contributed by atoms with Crippen LogP contribution in [0.25, 0.3) is 0 Å². The van der Waals surface area contributed by atoms with Gasteiger partial charge in [0, 0.05) is 19.3 Å². The van der Waals surface area contributed by atoms with E-state index in [0.29, 0.717) is 0 Å². The Balaban J connectivity index is 2.55. The van der Waals surface area contributed by atoms with Crippen LogP contribution in [-0.4, -0.2) is 41.0 Å². The molecule has 6 heteroatoms. The minimum Gasteiger partial charge on any atom is -0.497 e. The van der Waals surface area contributed by atoms with Gasteiger partial charge in [0.15, 0.2) is 0 Å². The van der Waals surface area contributed by atoms with E-state index >= 15 is 0 Å². The van der Waals surface area contributed by atoms with Crippen LogP contribution in [0, 0.1) is 0 Å². The second-order valence-electron chi connectivity index (χ2n) is 4.43. The average Bonchev–Trinajstić information content (AvgIpc) is 3.07. The van der Waals surface area contributed by atoms with Crippen molar-refractivity contribution in [1.82, 2.24) is 4.90 Å². The molecule has 1 saturated carbocycles. The van der Waals surface area contributed by atoms with Crippen molar-refractivity contribution in [2.75, 3.05) is 13.6 Å². The van der Waals surface area contributed by atoms with Crippen molar-refractivity contribution in [3.05, 3.63) is 29.8 Å². The largest absolute Gasteiger partial charge is 0.497 e. The number of hydrogen-bond acceptors (Lipinski definition) is 4. The Morgan fingerprint density at radius 3 is 2.83 bits per heavy atom. The molecule has 1 heterocycles. The third kappa shape index (κ3) is 2.98. The summed E-state index contributed by atoms with van der Waals surface area (Å²) in [6.07, 6.45) is -19.8. The molecule has 0 bridgehead atoms. The zero-order chi connectivity index (χ0) is 28.1. The quantitative estimate of drug-likeness (QED) is 0.787. The van der Waals surface area contributed by atoms with E-state index in [4.69, 9.17) is 34.2 Å². The summed E-state index contributed by atoms with van der Waals surface area (Å²) >= 11 is 5.35. The maximum Gasteiger partial charge on any atom is 0.275 e. The molecule has 0 N–H and O–H groups in total. The topological polar surface area (TPSA) is 59.0 Å². The van der Waals surface area contributed by atoms with E-state index in [9.17, 15) is 9.59 Å². The van der Waals surface area contributed by atoms with Crippen molar-refractivity contribution >= 4 is 28.5 Å². The fraction of sp³-hybridized carbons (Fsp3) is 0.471. The molecule has 0 radical (unpaired) electrons. The van der Waals surface area contributed by atoms with E-state index in [2.05, 4.69) is 4.99 Å². The lowest BCUT2D eigenvalue weighted by Crippen LogP contribution is -2.49. The summed E-state index contributed by atoms with van der Waals surface area (Å²) in [4.78, 5) is 28.9. The van der Waals surface area contributed by atoms with Crippen molar-refractivity contribution in [1.29, 1.82) is 0 Å². The molecule has 5 nitrogen and oxygen atoms in total. The van der Waals surface area contributed by atoms with Crippen molar-refractivity contribution in [2.24, 2.45) is 4.99 Å². The first-order chi connectivity index (χ1) is 16.0. The lowest BCUT2D eigenvalue weighted by molar-refractivity contribution is -0.132. The zero-order valence-corrected chi connectivity index (χ0v) is 12.5. The van der Waals surface area contributed by atoms with Gasteiger partial charge in [-0.25, -0.2) is 0 Å². The number of amides is 1. The van der Waals surface area contributed by atoms with Crippen molar-refractivity contribution in [3.63, 3.8) is 0 Å². The highest BCUT2D eigenvalue weighted by Gasteiger charge is 2.48. The van der Waals surface area contributed by atoms with Crippen LogP contribution in [-0.2, 0) is 9.59 Å². The van der Waals surface area contributed by atoms with Crippen molar-refractivity contribution in [3.8, 4) is 5.75 Å². The van der Waals surface area contributed by atoms with Crippen molar-refractivity contribution < 1.29 is 32.1 Å². The molecule has 23 heavy (non-hydrogen) atoms. The lowest BCUT2D eigenvalue weighted by Gasteiger charge is -2.38. The van der Waals surface area contributed by atoms with Gasteiger partial charge in [0.2, 0.25) is 5.24 Å². The summed E-state index contributed by atoms with van der Waals surface area (Å²) in [7, 11) is 1.27. The molecule has 1 aromatic rings. The van der Waals surface area contributed by atoms with Crippen molar-refractivity contribution in [2.45, 2.75) is 37.5 Å². The molecule has 1 aromatic carbocycles. The van der Waals surface area contributed by atoms with Gasteiger partial charge in [-0.3, -0.25) is 14.6 Å². The first kappa shape index (κ1) is 6.55. The Labute approximate surface area is 158 Å². The van der Waals surface area contributed by atoms with Crippen LogP contribution in [0.15, 0.2) is 29.2 Å². The third-order valence-corrected chi connectivity index (χ3v) is 3.16. The van der Waals surface area contributed by atoms with Gasteiger partial charge < -0.3 is 9.64 Å².